The van der Waals surface area contributed by atoms with Gasteiger partial charge in [-0.1, -0.05) is 23.2 Å². The Labute approximate surface area is 131 Å². The molecule has 6 heteroatoms. The predicted octanol–water partition coefficient (Wildman–Crippen LogP) is 4.64. The highest BCUT2D eigenvalue weighted by Gasteiger charge is 2.08. The van der Waals surface area contributed by atoms with Crippen LogP contribution in [0.1, 0.15) is 5.56 Å². The standard InChI is InChI=1S/C14H11Cl2N3S/c15-10-7-12-13(8-11(10)16)19(14(20)18-12)6-3-9-1-4-17-5-2-9/h1-2,4-5,7-8H,3,6H2,(H,18,20). The number of H-pyrrole nitrogens is 1. The van der Waals surface area contributed by atoms with Crippen molar-refractivity contribution in [3.05, 3.63) is 57.0 Å². The fraction of sp³-hybridized carbons (Fsp3) is 0.143. The summed E-state index contributed by atoms with van der Waals surface area (Å²) in [5.41, 5.74) is 3.09. The quantitative estimate of drug-likeness (QED) is 0.712. The van der Waals surface area contributed by atoms with Crippen molar-refractivity contribution in [2.45, 2.75) is 13.0 Å². The molecule has 0 amide bonds. The van der Waals surface area contributed by atoms with Crippen LogP contribution < -0.4 is 0 Å². The number of pyridine rings is 1. The van der Waals surface area contributed by atoms with E-state index in [2.05, 4.69) is 9.97 Å². The topological polar surface area (TPSA) is 33.6 Å². The Morgan fingerprint density at radius 3 is 2.60 bits per heavy atom. The molecule has 2 aromatic heterocycles. The maximum atomic E-state index is 6.08. The van der Waals surface area contributed by atoms with Crippen molar-refractivity contribution >= 4 is 46.5 Å². The molecule has 0 fully saturated rings. The number of halogens is 2. The number of hydrogen-bond acceptors (Lipinski definition) is 2. The maximum absolute atomic E-state index is 6.08. The van der Waals surface area contributed by atoms with Gasteiger partial charge in [0.15, 0.2) is 4.77 Å². The van der Waals surface area contributed by atoms with Crippen LogP contribution >= 0.6 is 35.4 Å². The third-order valence-corrected chi connectivity index (χ3v) is 4.23. The lowest BCUT2D eigenvalue weighted by atomic mass is 10.2. The second-order valence-electron chi connectivity index (χ2n) is 4.47. The third-order valence-electron chi connectivity index (χ3n) is 3.19. The molecule has 0 aliphatic rings. The number of aromatic nitrogens is 3. The highest BCUT2D eigenvalue weighted by Crippen LogP contribution is 2.27. The summed E-state index contributed by atoms with van der Waals surface area (Å²) in [4.78, 5) is 7.17. The minimum atomic E-state index is 0.525. The van der Waals surface area contributed by atoms with Crippen molar-refractivity contribution in [2.75, 3.05) is 0 Å². The predicted molar refractivity (Wildman–Crippen MR) is 85.1 cm³/mol. The lowest BCUT2D eigenvalue weighted by molar-refractivity contribution is 0.706. The van der Waals surface area contributed by atoms with Crippen molar-refractivity contribution in [1.82, 2.24) is 14.5 Å². The minimum absolute atomic E-state index is 0.525. The summed E-state index contributed by atoms with van der Waals surface area (Å²) in [6.45, 7) is 0.779. The number of fused-ring (bicyclic) bond motifs is 1. The monoisotopic (exact) mass is 323 g/mol. The molecule has 0 aliphatic carbocycles. The van der Waals surface area contributed by atoms with Gasteiger partial charge in [0.05, 0.1) is 21.1 Å². The number of nitrogens with zero attached hydrogens (tertiary/aromatic N) is 2. The van der Waals surface area contributed by atoms with Crippen LogP contribution in [0.5, 0.6) is 0 Å². The molecule has 0 radical (unpaired) electrons. The summed E-state index contributed by atoms with van der Waals surface area (Å²) in [5.74, 6) is 0. The molecule has 0 saturated heterocycles. The van der Waals surface area contributed by atoms with Gasteiger partial charge in [-0.3, -0.25) is 4.98 Å². The lowest BCUT2D eigenvalue weighted by Crippen LogP contribution is -2.01. The van der Waals surface area contributed by atoms with Crippen molar-refractivity contribution in [3.8, 4) is 0 Å². The van der Waals surface area contributed by atoms with E-state index < -0.39 is 0 Å². The van der Waals surface area contributed by atoms with Gasteiger partial charge >= 0.3 is 0 Å². The fourth-order valence-corrected chi connectivity index (χ4v) is 2.79. The van der Waals surface area contributed by atoms with E-state index in [1.54, 1.807) is 18.5 Å². The first-order valence-electron chi connectivity index (χ1n) is 6.11. The number of hydrogen-bond donors (Lipinski definition) is 1. The first-order valence-corrected chi connectivity index (χ1v) is 7.28. The molecule has 1 aromatic carbocycles. The van der Waals surface area contributed by atoms with Gasteiger partial charge in [-0.25, -0.2) is 0 Å². The first-order chi connectivity index (χ1) is 9.65. The molecule has 0 bridgehead atoms. The second kappa shape index (κ2) is 5.56. The van der Waals surface area contributed by atoms with Crippen LogP contribution in [0.4, 0.5) is 0 Å². The van der Waals surface area contributed by atoms with Crippen LogP contribution in [0.3, 0.4) is 0 Å². The van der Waals surface area contributed by atoms with Crippen LogP contribution in [0.2, 0.25) is 10.0 Å². The van der Waals surface area contributed by atoms with Gasteiger partial charge in [0.25, 0.3) is 0 Å². The van der Waals surface area contributed by atoms with Crippen molar-refractivity contribution < 1.29 is 0 Å². The number of nitrogens with one attached hydrogen (secondary N) is 1. The molecule has 0 atom stereocenters. The summed E-state index contributed by atoms with van der Waals surface area (Å²) in [6.07, 6.45) is 4.46. The van der Waals surface area contributed by atoms with E-state index in [1.165, 1.54) is 5.56 Å². The zero-order valence-electron chi connectivity index (χ0n) is 10.4. The van der Waals surface area contributed by atoms with Crippen LogP contribution in [0.25, 0.3) is 11.0 Å². The van der Waals surface area contributed by atoms with E-state index in [0.29, 0.717) is 14.8 Å². The van der Waals surface area contributed by atoms with E-state index in [9.17, 15) is 0 Å². The average molecular weight is 324 g/mol. The molecular weight excluding hydrogens is 313 g/mol. The van der Waals surface area contributed by atoms with Crippen molar-refractivity contribution in [3.63, 3.8) is 0 Å². The number of rotatable bonds is 3. The highest BCUT2D eigenvalue weighted by atomic mass is 35.5. The summed E-state index contributed by atoms with van der Waals surface area (Å²) in [6, 6.07) is 7.65. The van der Waals surface area contributed by atoms with Gasteiger partial charge in [0.2, 0.25) is 0 Å². The summed E-state index contributed by atoms with van der Waals surface area (Å²) < 4.78 is 2.71. The molecule has 2 heterocycles. The Bertz CT molecular complexity index is 808. The molecule has 0 saturated carbocycles. The Hall–Kier alpha value is -1.36. The van der Waals surface area contributed by atoms with Crippen molar-refractivity contribution in [2.24, 2.45) is 0 Å². The van der Waals surface area contributed by atoms with Crippen LogP contribution in [-0.4, -0.2) is 14.5 Å². The Kier molecular flexibility index (Phi) is 3.78. The van der Waals surface area contributed by atoms with Gasteiger partial charge < -0.3 is 9.55 Å². The summed E-state index contributed by atoms with van der Waals surface area (Å²) in [5, 5.41) is 1.06. The molecule has 3 aromatic rings. The largest absolute Gasteiger partial charge is 0.331 e. The third kappa shape index (κ3) is 2.59. The Balaban J connectivity index is 1.97. The van der Waals surface area contributed by atoms with Crippen LogP contribution in [0.15, 0.2) is 36.7 Å². The average Bonchev–Trinajstić information content (AvgIpc) is 2.73. The lowest BCUT2D eigenvalue weighted by Gasteiger charge is -2.05. The first kappa shape index (κ1) is 13.6. The zero-order chi connectivity index (χ0) is 14.1. The Morgan fingerprint density at radius 1 is 1.15 bits per heavy atom. The van der Waals surface area contributed by atoms with E-state index in [1.807, 2.05) is 22.8 Å². The van der Waals surface area contributed by atoms with E-state index in [4.69, 9.17) is 35.4 Å². The SMILES string of the molecule is S=c1[nH]c2cc(Cl)c(Cl)cc2n1CCc1ccncc1. The van der Waals surface area contributed by atoms with Crippen LogP contribution in [-0.2, 0) is 13.0 Å². The minimum Gasteiger partial charge on any atom is -0.331 e. The van der Waals surface area contributed by atoms with Crippen molar-refractivity contribution in [1.29, 1.82) is 0 Å². The number of aromatic amines is 1. The zero-order valence-corrected chi connectivity index (χ0v) is 12.8. The second-order valence-corrected chi connectivity index (χ2v) is 5.67. The number of benzene rings is 1. The van der Waals surface area contributed by atoms with E-state index >= 15 is 0 Å². The normalized spacial score (nSPS) is 11.1. The number of imidazole rings is 1. The highest BCUT2D eigenvalue weighted by molar-refractivity contribution is 7.71. The summed E-state index contributed by atoms with van der Waals surface area (Å²) >= 11 is 17.5. The van der Waals surface area contributed by atoms with E-state index in [0.717, 1.165) is 24.0 Å². The Morgan fingerprint density at radius 2 is 1.85 bits per heavy atom. The van der Waals surface area contributed by atoms with Gasteiger partial charge in [-0.15, -0.1) is 0 Å². The van der Waals surface area contributed by atoms with Gasteiger partial charge in [-0.05, 0) is 48.5 Å². The van der Waals surface area contributed by atoms with Gasteiger partial charge in [0.1, 0.15) is 0 Å². The summed E-state index contributed by atoms with van der Waals surface area (Å²) in [7, 11) is 0. The van der Waals surface area contributed by atoms with Crippen LogP contribution in [0, 0.1) is 4.77 Å². The molecule has 1 N–H and O–H groups in total. The fourth-order valence-electron chi connectivity index (χ4n) is 2.16. The van der Waals surface area contributed by atoms with Gasteiger partial charge in [0, 0.05) is 18.9 Å². The molecular formula is C14H11Cl2N3S. The molecule has 102 valence electrons. The molecule has 0 aliphatic heterocycles. The van der Waals surface area contributed by atoms with E-state index in [-0.39, 0.29) is 0 Å². The smallest absolute Gasteiger partial charge is 0.178 e. The molecule has 3 nitrogen and oxygen atoms in total. The van der Waals surface area contributed by atoms with Gasteiger partial charge in [-0.2, -0.15) is 0 Å². The molecule has 20 heavy (non-hydrogen) atoms. The molecule has 0 unspecified atom stereocenters. The molecule has 0 spiro atoms. The maximum Gasteiger partial charge on any atom is 0.178 e. The number of aryl methyl sites for hydroxylation is 2. The molecule has 3 rings (SSSR count).